The molecule has 0 fully saturated rings. The molecule has 0 aliphatic heterocycles. The second-order valence-corrected chi connectivity index (χ2v) is 8.50. The van der Waals surface area contributed by atoms with Crippen molar-refractivity contribution in [3.8, 4) is 28.4 Å². The number of benzene rings is 2. The fourth-order valence-electron chi connectivity index (χ4n) is 3.92. The first-order valence-electron chi connectivity index (χ1n) is 11.6. The summed E-state index contributed by atoms with van der Waals surface area (Å²) in [5.41, 5.74) is 1.60. The maximum Gasteiger partial charge on any atom is 0.356 e. The fourth-order valence-corrected chi connectivity index (χ4v) is 4.18. The normalized spacial score (nSPS) is 11.0. The Morgan fingerprint density at radius 1 is 1.03 bits per heavy atom. The summed E-state index contributed by atoms with van der Waals surface area (Å²) in [6, 6.07) is 11.6. The number of carboxylic acids is 1. The maximum atomic E-state index is 13.0. The lowest BCUT2D eigenvalue weighted by Crippen LogP contribution is -2.36. The fraction of sp³-hybridized carbons (Fsp3) is 0.346. The molecule has 1 N–H and O–H groups in total. The Kier molecular flexibility index (Phi) is 8.95. The van der Waals surface area contributed by atoms with Gasteiger partial charge in [0, 0.05) is 25.7 Å². The maximum absolute atomic E-state index is 13.0. The SMILES string of the molecule is CCN(CC)CCN(C)C(=O)c1ccc(-n2nc(C(=O)O)cc2-c2c(OC)cccc2OC)c(Cl)c1. The van der Waals surface area contributed by atoms with Crippen LogP contribution in [0.5, 0.6) is 11.5 Å². The van der Waals surface area contributed by atoms with E-state index in [2.05, 4.69) is 23.8 Å². The number of likely N-dealkylation sites (N-methyl/N-ethyl adjacent to an activating group) is 2. The first kappa shape index (κ1) is 27.0. The quantitative estimate of drug-likeness (QED) is 0.407. The van der Waals surface area contributed by atoms with Crippen LogP contribution in [-0.4, -0.2) is 84.0 Å². The van der Waals surface area contributed by atoms with Crippen LogP contribution in [0.15, 0.2) is 42.5 Å². The molecule has 3 aromatic rings. The molecular formula is C26H31ClN4O5. The van der Waals surface area contributed by atoms with Crippen molar-refractivity contribution in [1.29, 1.82) is 0 Å². The Morgan fingerprint density at radius 2 is 1.67 bits per heavy atom. The molecule has 36 heavy (non-hydrogen) atoms. The minimum Gasteiger partial charge on any atom is -0.496 e. The highest BCUT2D eigenvalue weighted by atomic mass is 35.5. The molecule has 0 radical (unpaired) electrons. The first-order chi connectivity index (χ1) is 17.2. The van der Waals surface area contributed by atoms with Gasteiger partial charge in [-0.15, -0.1) is 0 Å². The van der Waals surface area contributed by atoms with Crippen molar-refractivity contribution in [1.82, 2.24) is 19.6 Å². The summed E-state index contributed by atoms with van der Waals surface area (Å²) in [5, 5.41) is 14.1. The highest BCUT2D eigenvalue weighted by Gasteiger charge is 2.24. The van der Waals surface area contributed by atoms with Crippen molar-refractivity contribution < 1.29 is 24.2 Å². The molecule has 3 rings (SSSR count). The summed E-state index contributed by atoms with van der Waals surface area (Å²) >= 11 is 6.63. The van der Waals surface area contributed by atoms with Gasteiger partial charge in [-0.3, -0.25) is 4.79 Å². The van der Waals surface area contributed by atoms with Crippen LogP contribution < -0.4 is 9.47 Å². The van der Waals surface area contributed by atoms with E-state index in [1.807, 2.05) is 0 Å². The van der Waals surface area contributed by atoms with Gasteiger partial charge in [0.15, 0.2) is 5.69 Å². The van der Waals surface area contributed by atoms with Crippen molar-refractivity contribution >= 4 is 23.5 Å². The van der Waals surface area contributed by atoms with Crippen molar-refractivity contribution in [2.24, 2.45) is 0 Å². The minimum atomic E-state index is -1.19. The molecule has 1 heterocycles. The molecule has 1 amide bonds. The van der Waals surface area contributed by atoms with Crippen molar-refractivity contribution in [2.45, 2.75) is 13.8 Å². The van der Waals surface area contributed by atoms with E-state index in [-0.39, 0.29) is 16.6 Å². The average molecular weight is 515 g/mol. The lowest BCUT2D eigenvalue weighted by molar-refractivity contribution is 0.0689. The monoisotopic (exact) mass is 514 g/mol. The molecule has 10 heteroatoms. The third kappa shape index (κ3) is 5.63. The molecule has 0 saturated heterocycles. The Balaban J connectivity index is 2.02. The Labute approximate surface area is 215 Å². The van der Waals surface area contributed by atoms with Gasteiger partial charge in [0.25, 0.3) is 5.91 Å². The Morgan fingerprint density at radius 3 is 2.19 bits per heavy atom. The van der Waals surface area contributed by atoms with Gasteiger partial charge in [0.2, 0.25) is 0 Å². The van der Waals surface area contributed by atoms with Crippen LogP contribution in [0.4, 0.5) is 0 Å². The van der Waals surface area contributed by atoms with Gasteiger partial charge in [-0.25, -0.2) is 9.48 Å². The smallest absolute Gasteiger partial charge is 0.356 e. The molecule has 0 aliphatic carbocycles. The number of halogens is 1. The van der Waals surface area contributed by atoms with Crippen LogP contribution in [0.1, 0.15) is 34.7 Å². The van der Waals surface area contributed by atoms with E-state index in [4.69, 9.17) is 21.1 Å². The molecule has 0 aliphatic rings. The minimum absolute atomic E-state index is 0.158. The van der Waals surface area contributed by atoms with Gasteiger partial charge in [0.1, 0.15) is 11.5 Å². The summed E-state index contributed by atoms with van der Waals surface area (Å²) in [6.07, 6.45) is 0. The molecule has 0 spiro atoms. The van der Waals surface area contributed by atoms with Crippen molar-refractivity contribution in [3.63, 3.8) is 0 Å². The van der Waals surface area contributed by atoms with E-state index >= 15 is 0 Å². The molecule has 0 atom stereocenters. The summed E-state index contributed by atoms with van der Waals surface area (Å²) in [6.45, 7) is 7.36. The van der Waals surface area contributed by atoms with Gasteiger partial charge < -0.3 is 24.4 Å². The largest absolute Gasteiger partial charge is 0.496 e. The van der Waals surface area contributed by atoms with Crippen LogP contribution >= 0.6 is 11.6 Å². The van der Waals surface area contributed by atoms with E-state index in [9.17, 15) is 14.7 Å². The van der Waals surface area contributed by atoms with Gasteiger partial charge in [0.05, 0.1) is 36.2 Å². The zero-order valence-corrected chi connectivity index (χ0v) is 21.9. The number of nitrogens with zero attached hydrogens (tertiary/aromatic N) is 4. The molecule has 0 unspecified atom stereocenters. The van der Waals surface area contributed by atoms with Crippen molar-refractivity contribution in [2.75, 3.05) is 47.4 Å². The predicted octanol–water partition coefficient (Wildman–Crippen LogP) is 4.32. The summed E-state index contributed by atoms with van der Waals surface area (Å²) in [7, 11) is 4.79. The summed E-state index contributed by atoms with van der Waals surface area (Å²) in [4.78, 5) is 28.7. The lowest BCUT2D eigenvalue weighted by Gasteiger charge is -2.23. The predicted molar refractivity (Wildman–Crippen MR) is 139 cm³/mol. The number of aromatic nitrogens is 2. The lowest BCUT2D eigenvalue weighted by atomic mass is 10.1. The zero-order chi connectivity index (χ0) is 26.4. The molecule has 0 saturated carbocycles. The molecule has 2 aromatic carbocycles. The highest BCUT2D eigenvalue weighted by Crippen LogP contribution is 2.40. The van der Waals surface area contributed by atoms with Crippen LogP contribution in [0.3, 0.4) is 0 Å². The van der Waals surface area contributed by atoms with Gasteiger partial charge in [-0.2, -0.15) is 5.10 Å². The van der Waals surface area contributed by atoms with Crippen LogP contribution in [0.25, 0.3) is 16.9 Å². The molecular weight excluding hydrogens is 484 g/mol. The number of carbonyl (C=O) groups is 2. The second-order valence-electron chi connectivity index (χ2n) is 8.09. The standard InChI is InChI=1S/C26H31ClN4O5/c1-6-30(7-2)14-13-29(3)25(32)17-11-12-20(18(27)15-17)31-21(16-19(28-31)26(33)34)24-22(35-4)9-8-10-23(24)36-5/h8-12,15-16H,6-7,13-14H2,1-5H3,(H,33,34). The number of amides is 1. The third-order valence-corrected chi connectivity index (χ3v) is 6.33. The zero-order valence-electron chi connectivity index (χ0n) is 21.1. The second kappa shape index (κ2) is 11.9. The molecule has 192 valence electrons. The number of methoxy groups -OCH3 is 2. The van der Waals surface area contributed by atoms with Crippen LogP contribution in [-0.2, 0) is 0 Å². The van der Waals surface area contributed by atoms with Gasteiger partial charge >= 0.3 is 5.97 Å². The molecule has 9 nitrogen and oxygen atoms in total. The van der Waals surface area contributed by atoms with Crippen LogP contribution in [0, 0.1) is 0 Å². The Bertz CT molecular complexity index is 1220. The van der Waals surface area contributed by atoms with Gasteiger partial charge in [-0.05, 0) is 49.5 Å². The van der Waals surface area contributed by atoms with E-state index in [0.29, 0.717) is 40.6 Å². The number of aromatic carboxylic acids is 1. The van der Waals surface area contributed by atoms with Crippen molar-refractivity contribution in [3.05, 3.63) is 58.7 Å². The van der Waals surface area contributed by atoms with Crippen LogP contribution in [0.2, 0.25) is 5.02 Å². The Hall–Kier alpha value is -3.56. The number of hydrogen-bond acceptors (Lipinski definition) is 6. The topological polar surface area (TPSA) is 97.1 Å². The van der Waals surface area contributed by atoms with Gasteiger partial charge in [-0.1, -0.05) is 31.5 Å². The van der Waals surface area contributed by atoms with E-state index < -0.39 is 5.97 Å². The number of carboxylic acid groups (broad SMARTS) is 1. The summed E-state index contributed by atoms with van der Waals surface area (Å²) in [5.74, 6) is -0.397. The third-order valence-electron chi connectivity index (χ3n) is 6.03. The number of carbonyl (C=O) groups excluding carboxylic acids is 1. The van der Waals surface area contributed by atoms with E-state index in [0.717, 1.165) is 19.6 Å². The first-order valence-corrected chi connectivity index (χ1v) is 12.0. The van der Waals surface area contributed by atoms with E-state index in [1.165, 1.54) is 25.0 Å². The summed E-state index contributed by atoms with van der Waals surface area (Å²) < 4.78 is 12.4. The number of hydrogen-bond donors (Lipinski definition) is 1. The highest BCUT2D eigenvalue weighted by molar-refractivity contribution is 6.32. The number of rotatable bonds is 11. The van der Waals surface area contributed by atoms with E-state index in [1.54, 1.807) is 48.3 Å². The average Bonchev–Trinajstić information content (AvgIpc) is 3.33. The number of ether oxygens (including phenoxy) is 2. The molecule has 1 aromatic heterocycles. The molecule has 0 bridgehead atoms.